The lowest BCUT2D eigenvalue weighted by atomic mass is 10.1. The molecule has 0 spiro atoms. The first-order valence-electron chi connectivity index (χ1n) is 8.04. The summed E-state index contributed by atoms with van der Waals surface area (Å²) in [4.78, 5) is 4.60. The van der Waals surface area contributed by atoms with Gasteiger partial charge in [0.25, 0.3) is 0 Å². The van der Waals surface area contributed by atoms with Crippen molar-refractivity contribution in [1.29, 1.82) is 0 Å². The zero-order chi connectivity index (χ0) is 16.4. The molecule has 0 bridgehead atoms. The summed E-state index contributed by atoms with van der Waals surface area (Å²) in [7, 11) is 0. The molecule has 1 heterocycles. The normalized spacial score (nSPS) is 10.9. The van der Waals surface area contributed by atoms with E-state index in [0.29, 0.717) is 5.89 Å². The molecular formula is C21H18N2O. The Morgan fingerprint density at radius 1 is 0.875 bits per heavy atom. The standard InChI is InChI=1S/C21H18N2O/c1-15-10-12-16(13-11-15)14-22-18-7-3-2-6-17(18)21-23-19-8-4-5-9-20(19)24-21/h2-13,22H,14H2,1H3. The van der Waals surface area contributed by atoms with Gasteiger partial charge in [-0.3, -0.25) is 0 Å². The lowest BCUT2D eigenvalue weighted by molar-refractivity contribution is 0.620. The molecular weight excluding hydrogens is 296 g/mol. The Hall–Kier alpha value is -3.07. The molecule has 118 valence electrons. The number of fused-ring (bicyclic) bond motifs is 1. The number of anilines is 1. The summed E-state index contributed by atoms with van der Waals surface area (Å²) in [5.41, 5.74) is 6.19. The van der Waals surface area contributed by atoms with Gasteiger partial charge in [0.15, 0.2) is 5.58 Å². The third kappa shape index (κ3) is 2.88. The number of nitrogens with zero attached hydrogens (tertiary/aromatic N) is 1. The van der Waals surface area contributed by atoms with Gasteiger partial charge in [0.2, 0.25) is 5.89 Å². The van der Waals surface area contributed by atoms with Gasteiger partial charge in [0, 0.05) is 12.2 Å². The zero-order valence-corrected chi connectivity index (χ0v) is 13.5. The average molecular weight is 314 g/mol. The van der Waals surface area contributed by atoms with Gasteiger partial charge in [-0.2, -0.15) is 0 Å². The number of hydrogen-bond acceptors (Lipinski definition) is 3. The van der Waals surface area contributed by atoms with Crippen LogP contribution in [0.1, 0.15) is 11.1 Å². The van der Waals surface area contributed by atoms with E-state index >= 15 is 0 Å². The molecule has 0 unspecified atom stereocenters. The molecule has 0 atom stereocenters. The maximum absolute atomic E-state index is 5.91. The molecule has 0 amide bonds. The first-order chi connectivity index (χ1) is 11.8. The van der Waals surface area contributed by atoms with E-state index in [2.05, 4.69) is 47.6 Å². The highest BCUT2D eigenvalue weighted by Gasteiger charge is 2.11. The highest BCUT2D eigenvalue weighted by atomic mass is 16.3. The Labute approximate surface area is 141 Å². The van der Waals surface area contributed by atoms with Crippen molar-refractivity contribution in [2.75, 3.05) is 5.32 Å². The lowest BCUT2D eigenvalue weighted by Crippen LogP contribution is -2.00. The second kappa shape index (κ2) is 6.20. The fourth-order valence-electron chi connectivity index (χ4n) is 2.71. The molecule has 0 radical (unpaired) electrons. The molecule has 24 heavy (non-hydrogen) atoms. The Bertz CT molecular complexity index is 937. The molecule has 3 aromatic carbocycles. The van der Waals surface area contributed by atoms with Crippen molar-refractivity contribution in [1.82, 2.24) is 4.98 Å². The number of nitrogens with one attached hydrogen (secondary N) is 1. The highest BCUT2D eigenvalue weighted by molar-refractivity contribution is 5.80. The van der Waals surface area contributed by atoms with Crippen molar-refractivity contribution in [3.05, 3.63) is 83.9 Å². The molecule has 0 aliphatic rings. The van der Waals surface area contributed by atoms with Gasteiger partial charge in [-0.05, 0) is 36.8 Å². The predicted octanol–water partition coefficient (Wildman–Crippen LogP) is 5.42. The van der Waals surface area contributed by atoms with Gasteiger partial charge in [-0.1, -0.05) is 54.1 Å². The molecule has 3 nitrogen and oxygen atoms in total. The Kier molecular flexibility index (Phi) is 3.75. The van der Waals surface area contributed by atoms with Crippen LogP contribution >= 0.6 is 0 Å². The van der Waals surface area contributed by atoms with E-state index in [0.717, 1.165) is 28.9 Å². The van der Waals surface area contributed by atoms with Crippen molar-refractivity contribution in [3.8, 4) is 11.5 Å². The minimum atomic E-state index is 0.642. The smallest absolute Gasteiger partial charge is 0.229 e. The lowest BCUT2D eigenvalue weighted by Gasteiger charge is -2.10. The van der Waals surface area contributed by atoms with E-state index < -0.39 is 0 Å². The summed E-state index contributed by atoms with van der Waals surface area (Å²) < 4.78 is 5.91. The number of oxazole rings is 1. The molecule has 1 N–H and O–H groups in total. The monoisotopic (exact) mass is 314 g/mol. The van der Waals surface area contributed by atoms with Gasteiger partial charge >= 0.3 is 0 Å². The average Bonchev–Trinajstić information content (AvgIpc) is 3.05. The summed E-state index contributed by atoms with van der Waals surface area (Å²) in [5, 5.41) is 3.49. The topological polar surface area (TPSA) is 38.1 Å². The Morgan fingerprint density at radius 2 is 1.62 bits per heavy atom. The molecule has 0 aliphatic heterocycles. The van der Waals surface area contributed by atoms with Crippen LogP contribution in [-0.4, -0.2) is 4.98 Å². The van der Waals surface area contributed by atoms with Crippen LogP contribution in [0.25, 0.3) is 22.6 Å². The molecule has 4 aromatic rings. The zero-order valence-electron chi connectivity index (χ0n) is 13.5. The van der Waals surface area contributed by atoms with Crippen molar-refractivity contribution in [3.63, 3.8) is 0 Å². The van der Waals surface area contributed by atoms with E-state index in [1.54, 1.807) is 0 Å². The van der Waals surface area contributed by atoms with Crippen molar-refractivity contribution >= 4 is 16.8 Å². The number of aryl methyl sites for hydroxylation is 1. The van der Waals surface area contributed by atoms with Crippen LogP contribution in [-0.2, 0) is 6.54 Å². The van der Waals surface area contributed by atoms with Crippen molar-refractivity contribution < 1.29 is 4.42 Å². The minimum Gasteiger partial charge on any atom is -0.436 e. The van der Waals surface area contributed by atoms with Crippen LogP contribution in [0.5, 0.6) is 0 Å². The van der Waals surface area contributed by atoms with Gasteiger partial charge in [-0.15, -0.1) is 0 Å². The molecule has 3 heteroatoms. The quantitative estimate of drug-likeness (QED) is 0.547. The molecule has 0 aliphatic carbocycles. The molecule has 0 saturated heterocycles. The van der Waals surface area contributed by atoms with E-state index in [-0.39, 0.29) is 0 Å². The van der Waals surface area contributed by atoms with E-state index in [9.17, 15) is 0 Å². The van der Waals surface area contributed by atoms with Gasteiger partial charge in [-0.25, -0.2) is 4.98 Å². The van der Waals surface area contributed by atoms with Crippen molar-refractivity contribution in [2.45, 2.75) is 13.5 Å². The Balaban J connectivity index is 1.63. The summed E-state index contributed by atoms with van der Waals surface area (Å²) in [5.74, 6) is 0.642. The van der Waals surface area contributed by atoms with Gasteiger partial charge in [0.1, 0.15) is 5.52 Å². The van der Waals surface area contributed by atoms with Gasteiger partial charge < -0.3 is 9.73 Å². The maximum Gasteiger partial charge on any atom is 0.229 e. The first-order valence-corrected chi connectivity index (χ1v) is 8.04. The van der Waals surface area contributed by atoms with Crippen LogP contribution in [0.15, 0.2) is 77.2 Å². The summed E-state index contributed by atoms with van der Waals surface area (Å²) in [6.45, 7) is 2.86. The van der Waals surface area contributed by atoms with Crippen LogP contribution in [0.4, 0.5) is 5.69 Å². The first kappa shape index (κ1) is 14.5. The summed E-state index contributed by atoms with van der Waals surface area (Å²) >= 11 is 0. The molecule has 0 saturated carbocycles. The molecule has 1 aromatic heterocycles. The summed E-state index contributed by atoms with van der Waals surface area (Å²) in [6.07, 6.45) is 0. The number of rotatable bonds is 4. The molecule has 0 fully saturated rings. The number of benzene rings is 3. The highest BCUT2D eigenvalue weighted by Crippen LogP contribution is 2.30. The van der Waals surface area contributed by atoms with Crippen LogP contribution < -0.4 is 5.32 Å². The second-order valence-corrected chi connectivity index (χ2v) is 5.87. The fraction of sp³-hybridized carbons (Fsp3) is 0.0952. The largest absolute Gasteiger partial charge is 0.436 e. The maximum atomic E-state index is 5.91. The van der Waals surface area contributed by atoms with Crippen molar-refractivity contribution in [2.24, 2.45) is 0 Å². The fourth-order valence-corrected chi connectivity index (χ4v) is 2.71. The second-order valence-electron chi connectivity index (χ2n) is 5.87. The van der Waals surface area contributed by atoms with E-state index in [1.807, 2.05) is 42.5 Å². The van der Waals surface area contributed by atoms with Crippen LogP contribution in [0.3, 0.4) is 0 Å². The van der Waals surface area contributed by atoms with Gasteiger partial charge in [0.05, 0.1) is 5.56 Å². The number of hydrogen-bond donors (Lipinski definition) is 1. The molecule has 4 rings (SSSR count). The third-order valence-electron chi connectivity index (χ3n) is 4.05. The summed E-state index contributed by atoms with van der Waals surface area (Å²) in [6, 6.07) is 24.5. The SMILES string of the molecule is Cc1ccc(CNc2ccccc2-c2nc3ccccc3o2)cc1. The van der Waals surface area contributed by atoms with E-state index in [1.165, 1.54) is 11.1 Å². The number of para-hydroxylation sites is 3. The van der Waals surface area contributed by atoms with Crippen LogP contribution in [0, 0.1) is 6.92 Å². The number of aromatic nitrogens is 1. The minimum absolute atomic E-state index is 0.642. The van der Waals surface area contributed by atoms with E-state index in [4.69, 9.17) is 4.42 Å². The third-order valence-corrected chi connectivity index (χ3v) is 4.05. The Morgan fingerprint density at radius 3 is 2.46 bits per heavy atom. The van der Waals surface area contributed by atoms with Crippen LogP contribution in [0.2, 0.25) is 0 Å². The predicted molar refractivity (Wildman–Crippen MR) is 98.0 cm³/mol.